The third kappa shape index (κ3) is 1.60. The summed E-state index contributed by atoms with van der Waals surface area (Å²) in [4.78, 5) is 14.6. The van der Waals surface area contributed by atoms with Crippen molar-refractivity contribution >= 4 is 17.5 Å². The van der Waals surface area contributed by atoms with E-state index in [1.165, 1.54) is 10.6 Å². The first-order chi connectivity index (χ1) is 6.72. The molecule has 0 saturated heterocycles. The Hall–Kier alpha value is -0.740. The van der Waals surface area contributed by atoms with Crippen molar-refractivity contribution in [3.05, 3.63) is 22.8 Å². The highest BCUT2D eigenvalue weighted by atomic mass is 32.2. The molecule has 0 aromatic carbocycles. The minimum absolute atomic E-state index is 0.207. The summed E-state index contributed by atoms with van der Waals surface area (Å²) in [5.41, 5.74) is 6.75. The highest BCUT2D eigenvalue weighted by Crippen LogP contribution is 2.42. The van der Waals surface area contributed by atoms with E-state index < -0.39 is 0 Å². The van der Waals surface area contributed by atoms with Gasteiger partial charge in [-0.15, -0.1) is 11.8 Å². The Morgan fingerprint density at radius 2 is 2.43 bits per heavy atom. The van der Waals surface area contributed by atoms with Gasteiger partial charge in [0.25, 0.3) is 0 Å². The van der Waals surface area contributed by atoms with Crippen LogP contribution in [0.5, 0.6) is 0 Å². The molecule has 0 bridgehead atoms. The Bertz CT molecular complexity index is 322. The minimum Gasteiger partial charge on any atom is -0.362 e. The minimum atomic E-state index is 0.207. The Balaban J connectivity index is 2.14. The number of ketones is 1. The van der Waals surface area contributed by atoms with E-state index in [2.05, 4.69) is 11.9 Å². The summed E-state index contributed by atoms with van der Waals surface area (Å²) < 4.78 is 0. The Morgan fingerprint density at radius 3 is 3.14 bits per heavy atom. The van der Waals surface area contributed by atoms with E-state index in [9.17, 15) is 4.79 Å². The third-order valence-electron chi connectivity index (χ3n) is 2.55. The van der Waals surface area contributed by atoms with Crippen LogP contribution in [0.3, 0.4) is 0 Å². The van der Waals surface area contributed by atoms with E-state index in [0.29, 0.717) is 18.3 Å². The van der Waals surface area contributed by atoms with Gasteiger partial charge in [-0.2, -0.15) is 0 Å². The van der Waals surface area contributed by atoms with Crippen molar-refractivity contribution in [2.45, 2.75) is 18.2 Å². The molecule has 0 aromatic heterocycles. The van der Waals surface area contributed by atoms with Crippen LogP contribution in [0.4, 0.5) is 0 Å². The van der Waals surface area contributed by atoms with Gasteiger partial charge in [0.1, 0.15) is 0 Å². The van der Waals surface area contributed by atoms with Gasteiger partial charge in [-0.3, -0.25) is 4.79 Å². The van der Waals surface area contributed by atoms with Crippen LogP contribution in [0.1, 0.15) is 12.8 Å². The number of hydrogen-bond acceptors (Lipinski definition) is 4. The van der Waals surface area contributed by atoms with Gasteiger partial charge in [0.15, 0.2) is 5.78 Å². The van der Waals surface area contributed by atoms with Crippen molar-refractivity contribution in [3.63, 3.8) is 0 Å². The number of nitrogens with zero attached hydrogens (tertiary/aromatic N) is 1. The second-order valence-corrected chi connectivity index (χ2v) is 4.82. The number of allylic oxidation sites excluding steroid dienone is 3. The maximum absolute atomic E-state index is 11.2. The topological polar surface area (TPSA) is 46.3 Å². The average molecular weight is 210 g/mol. The lowest BCUT2D eigenvalue weighted by molar-refractivity contribution is -0.114. The van der Waals surface area contributed by atoms with E-state index in [-0.39, 0.29) is 5.78 Å². The number of rotatable bonds is 2. The number of nitrogens with two attached hydrogens (primary N) is 1. The largest absolute Gasteiger partial charge is 0.362 e. The maximum atomic E-state index is 11.2. The summed E-state index contributed by atoms with van der Waals surface area (Å²) in [5.74, 6) is 0.207. The lowest BCUT2D eigenvalue weighted by Gasteiger charge is -2.22. The first-order valence-corrected chi connectivity index (χ1v) is 5.64. The Morgan fingerprint density at radius 1 is 1.64 bits per heavy atom. The van der Waals surface area contributed by atoms with Crippen molar-refractivity contribution in [2.75, 3.05) is 13.6 Å². The van der Waals surface area contributed by atoms with Crippen LogP contribution in [-0.2, 0) is 4.79 Å². The van der Waals surface area contributed by atoms with E-state index >= 15 is 0 Å². The summed E-state index contributed by atoms with van der Waals surface area (Å²) in [6.45, 7) is 0.695. The second kappa shape index (κ2) is 3.79. The molecule has 0 radical (unpaired) electrons. The SMILES string of the molecule is CN1C2=C(CC(=O)C=C2)SC1CCN. The molecule has 0 spiro atoms. The predicted molar refractivity (Wildman–Crippen MR) is 58.6 cm³/mol. The smallest absolute Gasteiger partial charge is 0.160 e. The van der Waals surface area contributed by atoms with Gasteiger partial charge in [0.05, 0.1) is 5.37 Å². The molecule has 76 valence electrons. The van der Waals surface area contributed by atoms with Crippen molar-refractivity contribution in [1.82, 2.24) is 4.90 Å². The molecule has 1 atom stereocenters. The van der Waals surface area contributed by atoms with Gasteiger partial charge in [-0.05, 0) is 25.1 Å². The molecule has 4 heteroatoms. The summed E-state index contributed by atoms with van der Waals surface area (Å²) in [7, 11) is 2.07. The van der Waals surface area contributed by atoms with Gasteiger partial charge in [0, 0.05) is 24.1 Å². The average Bonchev–Trinajstić information content (AvgIpc) is 2.44. The van der Waals surface area contributed by atoms with Crippen LogP contribution in [0, 0.1) is 0 Å². The molecule has 2 rings (SSSR count). The molecule has 3 nitrogen and oxygen atoms in total. The van der Waals surface area contributed by atoms with E-state index in [4.69, 9.17) is 5.73 Å². The summed E-state index contributed by atoms with van der Waals surface area (Å²) in [5, 5.41) is 0.417. The fourth-order valence-electron chi connectivity index (χ4n) is 1.78. The summed E-state index contributed by atoms with van der Waals surface area (Å²) in [6, 6.07) is 0. The van der Waals surface area contributed by atoms with Gasteiger partial charge < -0.3 is 10.6 Å². The molecule has 0 aromatic rings. The van der Waals surface area contributed by atoms with Crippen LogP contribution in [-0.4, -0.2) is 29.6 Å². The molecular formula is C10H14N2OS. The molecule has 0 fully saturated rings. The molecular weight excluding hydrogens is 196 g/mol. The lowest BCUT2D eigenvalue weighted by Crippen LogP contribution is -2.25. The van der Waals surface area contributed by atoms with Gasteiger partial charge in [-0.25, -0.2) is 0 Å². The molecule has 1 unspecified atom stereocenters. The van der Waals surface area contributed by atoms with E-state index in [1.807, 2.05) is 6.08 Å². The maximum Gasteiger partial charge on any atom is 0.160 e. The monoisotopic (exact) mass is 210 g/mol. The molecule has 1 aliphatic heterocycles. The van der Waals surface area contributed by atoms with Crippen LogP contribution in [0.15, 0.2) is 22.8 Å². The zero-order valence-corrected chi connectivity index (χ0v) is 9.01. The molecule has 1 aliphatic carbocycles. The van der Waals surface area contributed by atoms with Crippen molar-refractivity contribution in [2.24, 2.45) is 5.73 Å². The molecule has 1 heterocycles. The third-order valence-corrected chi connectivity index (χ3v) is 4.01. The normalized spacial score (nSPS) is 26.0. The fraction of sp³-hybridized carbons (Fsp3) is 0.500. The highest BCUT2D eigenvalue weighted by molar-refractivity contribution is 8.03. The zero-order chi connectivity index (χ0) is 10.1. The highest BCUT2D eigenvalue weighted by Gasteiger charge is 2.30. The fourth-order valence-corrected chi connectivity index (χ4v) is 3.19. The van der Waals surface area contributed by atoms with E-state index in [0.717, 1.165) is 6.42 Å². The number of carbonyl (C=O) groups excluding carboxylic acids is 1. The van der Waals surface area contributed by atoms with Crippen LogP contribution in [0.2, 0.25) is 0 Å². The van der Waals surface area contributed by atoms with Crippen LogP contribution < -0.4 is 5.73 Å². The molecule has 2 aliphatic rings. The van der Waals surface area contributed by atoms with Crippen LogP contribution in [0.25, 0.3) is 0 Å². The molecule has 0 saturated carbocycles. The Kier molecular flexibility index (Phi) is 2.65. The van der Waals surface area contributed by atoms with Crippen molar-refractivity contribution in [3.8, 4) is 0 Å². The lowest BCUT2D eigenvalue weighted by atomic mass is 10.1. The molecule has 2 N–H and O–H groups in total. The first-order valence-electron chi connectivity index (χ1n) is 4.76. The number of likely N-dealkylation sites (N-methyl/N-ethyl adjacent to an activating group) is 1. The van der Waals surface area contributed by atoms with Crippen molar-refractivity contribution < 1.29 is 4.79 Å². The van der Waals surface area contributed by atoms with E-state index in [1.54, 1.807) is 17.8 Å². The van der Waals surface area contributed by atoms with Gasteiger partial charge in [-0.1, -0.05) is 0 Å². The predicted octanol–water partition coefficient (Wildman–Crippen LogP) is 1.08. The van der Waals surface area contributed by atoms with Gasteiger partial charge in [0.2, 0.25) is 0 Å². The Labute approximate surface area is 88.0 Å². The molecule has 0 amide bonds. The second-order valence-electron chi connectivity index (χ2n) is 3.55. The summed E-state index contributed by atoms with van der Waals surface area (Å²) in [6.07, 6.45) is 5.13. The quantitative estimate of drug-likeness (QED) is 0.741. The number of thioether (sulfide) groups is 1. The molecule has 14 heavy (non-hydrogen) atoms. The van der Waals surface area contributed by atoms with Crippen molar-refractivity contribution in [1.29, 1.82) is 0 Å². The first kappa shape index (κ1) is 9.80. The number of carbonyl (C=O) groups is 1. The standard InChI is InChI=1S/C10H14N2OS/c1-12-8-3-2-7(13)6-9(8)14-10(12)4-5-11/h2-3,10H,4-6,11H2,1H3. The van der Waals surface area contributed by atoms with Crippen LogP contribution >= 0.6 is 11.8 Å². The number of hydrogen-bond donors (Lipinski definition) is 1. The summed E-state index contributed by atoms with van der Waals surface area (Å²) >= 11 is 1.78. The van der Waals surface area contributed by atoms with Gasteiger partial charge >= 0.3 is 0 Å². The zero-order valence-electron chi connectivity index (χ0n) is 8.19.